The highest BCUT2D eigenvalue weighted by Gasteiger charge is 2.37. The molecule has 2 aromatic carbocycles. The number of phenols is 2. The van der Waals surface area contributed by atoms with Crippen molar-refractivity contribution >= 4 is 11.4 Å². The molecule has 1 aliphatic carbocycles. The summed E-state index contributed by atoms with van der Waals surface area (Å²) >= 11 is 0. The first-order chi connectivity index (χ1) is 13.3. The van der Waals surface area contributed by atoms with E-state index in [1.54, 1.807) is 0 Å². The van der Waals surface area contributed by atoms with Gasteiger partial charge in [-0.15, -0.1) is 0 Å². The van der Waals surface area contributed by atoms with Crippen LogP contribution in [0.15, 0.2) is 36.4 Å². The molecule has 0 heterocycles. The second-order valence-corrected chi connectivity index (χ2v) is 6.49. The third-order valence-corrected chi connectivity index (χ3v) is 4.51. The topological polar surface area (TPSA) is 145 Å². The van der Waals surface area contributed by atoms with Gasteiger partial charge in [0.2, 0.25) is 0 Å². The molecule has 10 nitrogen and oxygen atoms in total. The molecule has 0 spiro atoms. The lowest BCUT2D eigenvalue weighted by Crippen LogP contribution is -2.44. The third kappa shape index (κ3) is 4.05. The van der Waals surface area contributed by atoms with Crippen LogP contribution in [0.3, 0.4) is 0 Å². The number of phenolic OH excluding ortho intramolecular Hbond substituents is 2. The minimum absolute atomic E-state index is 0.191. The van der Waals surface area contributed by atoms with Gasteiger partial charge in [-0.1, -0.05) is 6.42 Å². The summed E-state index contributed by atoms with van der Waals surface area (Å²) in [6, 6.07) is 7.30. The molecular weight excluding hydrogens is 372 g/mol. The average molecular weight is 390 g/mol. The van der Waals surface area contributed by atoms with Crippen LogP contribution in [0.25, 0.3) is 0 Å². The maximum absolute atomic E-state index is 10.8. The zero-order valence-electron chi connectivity index (χ0n) is 14.7. The van der Waals surface area contributed by atoms with Crippen LogP contribution < -0.4 is 9.47 Å². The number of aromatic hydroxyl groups is 2. The van der Waals surface area contributed by atoms with Crippen molar-refractivity contribution in [3.8, 4) is 23.0 Å². The Morgan fingerprint density at radius 1 is 0.786 bits per heavy atom. The van der Waals surface area contributed by atoms with Gasteiger partial charge in [0, 0.05) is 37.1 Å². The zero-order valence-corrected chi connectivity index (χ0v) is 14.7. The fourth-order valence-electron chi connectivity index (χ4n) is 3.19. The quantitative estimate of drug-likeness (QED) is 0.427. The van der Waals surface area contributed by atoms with E-state index in [0.717, 1.165) is 43.5 Å². The van der Waals surface area contributed by atoms with Crippen LogP contribution in [-0.2, 0) is 0 Å². The van der Waals surface area contributed by atoms with Crippen LogP contribution >= 0.6 is 0 Å². The van der Waals surface area contributed by atoms with Gasteiger partial charge >= 0.3 is 11.4 Å². The number of hydrogen-bond acceptors (Lipinski definition) is 8. The van der Waals surface area contributed by atoms with E-state index >= 15 is 0 Å². The highest BCUT2D eigenvalue weighted by atomic mass is 16.7. The molecule has 0 aliphatic heterocycles. The van der Waals surface area contributed by atoms with Crippen molar-refractivity contribution in [3.63, 3.8) is 0 Å². The van der Waals surface area contributed by atoms with Gasteiger partial charge in [-0.05, 0) is 25.0 Å². The summed E-state index contributed by atoms with van der Waals surface area (Å²) in [6.45, 7) is 0. The molecule has 10 heteroatoms. The van der Waals surface area contributed by atoms with E-state index in [-0.39, 0.29) is 11.5 Å². The Kier molecular flexibility index (Phi) is 5.21. The lowest BCUT2D eigenvalue weighted by atomic mass is 9.94. The van der Waals surface area contributed by atoms with Crippen molar-refractivity contribution in [2.24, 2.45) is 0 Å². The first-order valence-corrected chi connectivity index (χ1v) is 8.62. The molecule has 0 amide bonds. The lowest BCUT2D eigenvalue weighted by Gasteiger charge is -2.37. The molecule has 0 aromatic heterocycles. The Morgan fingerprint density at radius 2 is 1.21 bits per heavy atom. The molecule has 3 rings (SSSR count). The minimum atomic E-state index is -1.12. The summed E-state index contributed by atoms with van der Waals surface area (Å²) < 4.78 is 11.9. The maximum atomic E-state index is 10.8. The van der Waals surface area contributed by atoms with Crippen LogP contribution in [0.2, 0.25) is 0 Å². The van der Waals surface area contributed by atoms with E-state index in [9.17, 15) is 30.4 Å². The van der Waals surface area contributed by atoms with Crippen LogP contribution in [0.4, 0.5) is 11.4 Å². The summed E-state index contributed by atoms with van der Waals surface area (Å²) in [5.74, 6) is -1.79. The molecule has 148 valence electrons. The molecule has 2 aromatic rings. The van der Waals surface area contributed by atoms with Gasteiger partial charge in [0.25, 0.3) is 5.79 Å². The third-order valence-electron chi connectivity index (χ3n) is 4.51. The fraction of sp³-hybridized carbons (Fsp3) is 0.333. The number of nitro groups is 2. The monoisotopic (exact) mass is 390 g/mol. The van der Waals surface area contributed by atoms with Crippen LogP contribution in [-0.4, -0.2) is 25.8 Å². The van der Waals surface area contributed by atoms with Crippen molar-refractivity contribution < 1.29 is 29.5 Å². The fourth-order valence-corrected chi connectivity index (χ4v) is 3.19. The lowest BCUT2D eigenvalue weighted by molar-refractivity contribution is -0.386. The van der Waals surface area contributed by atoms with Crippen LogP contribution in [0.1, 0.15) is 32.1 Å². The Labute approximate surface area is 159 Å². The van der Waals surface area contributed by atoms with Gasteiger partial charge in [0.15, 0.2) is 11.5 Å². The number of nitro benzene ring substituents is 2. The predicted molar refractivity (Wildman–Crippen MR) is 96.6 cm³/mol. The summed E-state index contributed by atoms with van der Waals surface area (Å²) in [5.41, 5.74) is -0.877. The first kappa shape index (κ1) is 19.2. The van der Waals surface area contributed by atoms with Crippen molar-refractivity contribution in [1.82, 2.24) is 0 Å². The molecule has 0 unspecified atom stereocenters. The summed E-state index contributed by atoms with van der Waals surface area (Å²) in [5, 5.41) is 41.3. The van der Waals surface area contributed by atoms with E-state index in [1.165, 1.54) is 12.1 Å². The normalized spacial score (nSPS) is 15.6. The van der Waals surface area contributed by atoms with Crippen molar-refractivity contribution in [3.05, 3.63) is 56.6 Å². The number of hydrogen-bond donors (Lipinski definition) is 2. The second kappa shape index (κ2) is 7.59. The standard InChI is InChI=1S/C18H18N2O8/c21-16-10-12(4-6-14(16)19(23)24)27-18(8-2-1-3-9-18)28-13-5-7-15(20(25)26)17(22)11-13/h4-7,10-11,21-22H,1-3,8-9H2. The van der Waals surface area contributed by atoms with Gasteiger partial charge in [0.1, 0.15) is 11.5 Å². The number of ether oxygens (including phenoxy) is 2. The molecule has 1 fully saturated rings. The van der Waals surface area contributed by atoms with Gasteiger partial charge in [0.05, 0.1) is 9.85 Å². The Balaban J connectivity index is 1.87. The highest BCUT2D eigenvalue weighted by molar-refractivity contribution is 5.50. The molecule has 0 saturated heterocycles. The SMILES string of the molecule is O=[N+]([O-])c1ccc(OC2(Oc3ccc([N+](=O)[O-])c(O)c3)CCCCC2)cc1O. The molecule has 28 heavy (non-hydrogen) atoms. The molecule has 1 aliphatic rings. The molecule has 0 bridgehead atoms. The number of benzene rings is 2. The average Bonchev–Trinajstić information content (AvgIpc) is 2.61. The Bertz CT molecular complexity index is 841. The zero-order chi connectivity index (χ0) is 20.3. The summed E-state index contributed by atoms with van der Waals surface area (Å²) in [6.07, 6.45) is 3.59. The van der Waals surface area contributed by atoms with Gasteiger partial charge in [-0.3, -0.25) is 20.2 Å². The molecular formula is C18H18N2O8. The Morgan fingerprint density at radius 3 is 1.57 bits per heavy atom. The van der Waals surface area contributed by atoms with E-state index in [1.807, 2.05) is 0 Å². The van der Waals surface area contributed by atoms with Crippen molar-refractivity contribution in [2.45, 2.75) is 37.9 Å². The predicted octanol–water partition coefficient (Wildman–Crippen LogP) is 4.03. The van der Waals surface area contributed by atoms with Crippen LogP contribution in [0.5, 0.6) is 23.0 Å². The smallest absolute Gasteiger partial charge is 0.310 e. The van der Waals surface area contributed by atoms with Crippen molar-refractivity contribution in [2.75, 3.05) is 0 Å². The van der Waals surface area contributed by atoms with Gasteiger partial charge in [-0.25, -0.2) is 0 Å². The summed E-state index contributed by atoms with van der Waals surface area (Å²) in [7, 11) is 0. The van der Waals surface area contributed by atoms with E-state index in [2.05, 4.69) is 0 Å². The maximum Gasteiger partial charge on any atom is 0.310 e. The Hall–Kier alpha value is -3.56. The first-order valence-electron chi connectivity index (χ1n) is 8.62. The largest absolute Gasteiger partial charge is 0.502 e. The molecule has 0 atom stereocenters. The van der Waals surface area contributed by atoms with Crippen LogP contribution in [0, 0.1) is 20.2 Å². The molecule has 1 saturated carbocycles. The van der Waals surface area contributed by atoms with Gasteiger partial charge in [-0.2, -0.15) is 0 Å². The van der Waals surface area contributed by atoms with Gasteiger partial charge < -0.3 is 19.7 Å². The van der Waals surface area contributed by atoms with E-state index < -0.39 is 38.5 Å². The van der Waals surface area contributed by atoms with E-state index in [4.69, 9.17) is 9.47 Å². The summed E-state index contributed by atoms with van der Waals surface area (Å²) in [4.78, 5) is 20.3. The minimum Gasteiger partial charge on any atom is -0.502 e. The van der Waals surface area contributed by atoms with E-state index in [0.29, 0.717) is 12.8 Å². The molecule has 0 radical (unpaired) electrons. The molecule has 2 N–H and O–H groups in total. The number of nitrogens with zero attached hydrogens (tertiary/aromatic N) is 2. The van der Waals surface area contributed by atoms with Crippen molar-refractivity contribution in [1.29, 1.82) is 0 Å². The highest BCUT2D eigenvalue weighted by Crippen LogP contribution is 2.39. The second-order valence-electron chi connectivity index (χ2n) is 6.49. The number of rotatable bonds is 6.